The van der Waals surface area contributed by atoms with Crippen LogP contribution in [0.1, 0.15) is 61.9 Å². The highest BCUT2D eigenvalue weighted by Gasteiger charge is 2.35. The SMILES string of the molecule is C=CC.CCCc1ccccc1.Cc1ccc2c(c1)C(C)(C)c1cc(-c3ccc(-c4ccc5ccccc5c4)cc3)ccc1-2.Cc1ccc2cc(-c3ccc4ccccc4c3)ccc2c1. The van der Waals surface area contributed by atoms with Crippen LogP contribution in [0.4, 0.5) is 0 Å². The number of hydrogen-bond donors (Lipinski definition) is 0. The van der Waals surface area contributed by atoms with Crippen LogP contribution in [0.25, 0.3) is 76.8 Å². The van der Waals surface area contributed by atoms with Gasteiger partial charge in [0.15, 0.2) is 0 Å². The van der Waals surface area contributed by atoms with Gasteiger partial charge < -0.3 is 0 Å². The van der Waals surface area contributed by atoms with E-state index in [0.717, 1.165) is 0 Å². The average molecular weight is 841 g/mol. The molecule has 0 bridgehead atoms. The molecule has 0 heterocycles. The highest BCUT2D eigenvalue weighted by atomic mass is 14.4. The first-order valence-electron chi connectivity index (χ1n) is 23.1. The largest absolute Gasteiger partial charge is 0.103 e. The average Bonchev–Trinajstić information content (AvgIpc) is 3.56. The Kier molecular flexibility index (Phi) is 13.7. The molecule has 320 valence electrons. The Labute approximate surface area is 387 Å². The van der Waals surface area contributed by atoms with Gasteiger partial charge in [-0.25, -0.2) is 0 Å². The van der Waals surface area contributed by atoms with Gasteiger partial charge in [-0.05, 0) is 145 Å². The molecule has 0 aromatic heterocycles. The van der Waals surface area contributed by atoms with E-state index in [1.807, 2.05) is 6.92 Å². The summed E-state index contributed by atoms with van der Waals surface area (Å²) in [7, 11) is 0. The van der Waals surface area contributed by atoms with E-state index in [2.05, 4.69) is 254 Å². The number of allylic oxidation sites excluding steroid dienone is 1. The number of benzene rings is 10. The summed E-state index contributed by atoms with van der Waals surface area (Å²) in [5, 5.41) is 7.75. The first kappa shape index (κ1) is 44.3. The Morgan fingerprint density at radius 1 is 0.385 bits per heavy atom. The van der Waals surface area contributed by atoms with Gasteiger partial charge in [-0.2, -0.15) is 0 Å². The van der Waals surface area contributed by atoms with Crippen molar-refractivity contribution in [3.8, 4) is 44.5 Å². The van der Waals surface area contributed by atoms with Crippen molar-refractivity contribution in [2.45, 2.75) is 59.8 Å². The smallest absolute Gasteiger partial charge is 0.0159 e. The van der Waals surface area contributed by atoms with Gasteiger partial charge in [0, 0.05) is 5.41 Å². The lowest BCUT2D eigenvalue weighted by Crippen LogP contribution is -2.15. The fraction of sp³-hybridized carbons (Fsp3) is 0.138. The van der Waals surface area contributed by atoms with Gasteiger partial charge in [0.2, 0.25) is 0 Å². The summed E-state index contributed by atoms with van der Waals surface area (Å²) in [5.41, 5.74) is 17.3. The third-order valence-corrected chi connectivity index (χ3v) is 12.6. The lowest BCUT2D eigenvalue weighted by Gasteiger charge is -2.22. The van der Waals surface area contributed by atoms with Crippen LogP contribution in [0.2, 0.25) is 0 Å². The van der Waals surface area contributed by atoms with Crippen molar-refractivity contribution in [2.24, 2.45) is 0 Å². The number of rotatable bonds is 5. The van der Waals surface area contributed by atoms with Crippen molar-refractivity contribution in [1.29, 1.82) is 0 Å². The van der Waals surface area contributed by atoms with Crippen molar-refractivity contribution in [2.75, 3.05) is 0 Å². The molecule has 0 nitrogen and oxygen atoms in total. The van der Waals surface area contributed by atoms with E-state index < -0.39 is 0 Å². The minimum Gasteiger partial charge on any atom is -0.103 e. The molecule has 65 heavy (non-hydrogen) atoms. The third-order valence-electron chi connectivity index (χ3n) is 12.6. The van der Waals surface area contributed by atoms with Gasteiger partial charge in [-0.1, -0.05) is 232 Å². The van der Waals surface area contributed by atoms with Crippen LogP contribution in [0, 0.1) is 13.8 Å². The van der Waals surface area contributed by atoms with Crippen LogP contribution in [0.3, 0.4) is 0 Å². The van der Waals surface area contributed by atoms with E-state index >= 15 is 0 Å². The molecular formula is C65H60. The van der Waals surface area contributed by atoms with E-state index in [1.165, 1.54) is 117 Å². The number of fused-ring (bicyclic) bond motifs is 6. The predicted molar refractivity (Wildman–Crippen MR) is 285 cm³/mol. The normalized spacial score (nSPS) is 11.8. The Hall–Kier alpha value is -7.28. The molecule has 0 amide bonds. The molecule has 0 unspecified atom stereocenters. The molecule has 10 aromatic rings. The molecule has 0 saturated heterocycles. The van der Waals surface area contributed by atoms with Crippen LogP contribution in [0.5, 0.6) is 0 Å². The molecule has 0 spiro atoms. The maximum atomic E-state index is 3.36. The summed E-state index contributed by atoms with van der Waals surface area (Å²) in [6.07, 6.45) is 4.20. The fourth-order valence-corrected chi connectivity index (χ4v) is 9.10. The Morgan fingerprint density at radius 2 is 0.738 bits per heavy atom. The molecule has 0 radical (unpaired) electrons. The zero-order valence-electron chi connectivity index (χ0n) is 38.9. The van der Waals surface area contributed by atoms with E-state index in [4.69, 9.17) is 0 Å². The second-order valence-corrected chi connectivity index (χ2v) is 17.8. The molecule has 11 rings (SSSR count). The van der Waals surface area contributed by atoms with Gasteiger partial charge in [-0.15, -0.1) is 6.58 Å². The van der Waals surface area contributed by atoms with Crippen LogP contribution >= 0.6 is 0 Å². The van der Waals surface area contributed by atoms with Crippen molar-refractivity contribution in [1.82, 2.24) is 0 Å². The molecule has 1 aliphatic carbocycles. The summed E-state index contributed by atoms with van der Waals surface area (Å²) in [6, 6.07) is 77.2. The molecule has 0 aliphatic heterocycles. The van der Waals surface area contributed by atoms with Crippen LogP contribution in [-0.4, -0.2) is 0 Å². The quantitative estimate of drug-likeness (QED) is 0.151. The van der Waals surface area contributed by atoms with E-state index in [1.54, 1.807) is 6.08 Å². The second kappa shape index (κ2) is 20.0. The summed E-state index contributed by atoms with van der Waals surface area (Å²) < 4.78 is 0. The monoisotopic (exact) mass is 840 g/mol. The summed E-state index contributed by atoms with van der Waals surface area (Å²) in [5.74, 6) is 0. The van der Waals surface area contributed by atoms with E-state index in [0.29, 0.717) is 0 Å². The molecular weight excluding hydrogens is 781 g/mol. The first-order valence-corrected chi connectivity index (χ1v) is 23.1. The molecule has 1 aliphatic rings. The molecule has 0 N–H and O–H groups in total. The maximum Gasteiger partial charge on any atom is 0.0159 e. The van der Waals surface area contributed by atoms with Gasteiger partial charge >= 0.3 is 0 Å². The molecule has 0 atom stereocenters. The minimum absolute atomic E-state index is 0.0255. The van der Waals surface area contributed by atoms with E-state index in [-0.39, 0.29) is 5.41 Å². The molecule has 0 fully saturated rings. The number of aryl methyl sites for hydroxylation is 3. The van der Waals surface area contributed by atoms with Crippen molar-refractivity contribution >= 4 is 32.3 Å². The van der Waals surface area contributed by atoms with Crippen LogP contribution in [-0.2, 0) is 11.8 Å². The standard InChI is InChI=1S/C32H26.C21H16.C9H12.C3H6/c1-21-8-16-28-29-17-15-27(20-31(29)32(2,3)30(28)18-21)24-11-9-23(10-12-24)26-14-13-22-6-4-5-7-25(22)19-26;1-15-6-7-19-14-21(11-10-18(19)12-15)20-9-8-16-4-2-3-5-17(16)13-20;1-2-6-9-7-4-3-5-8-9;1-3-2/h4-20H,1-3H3;2-14H,1H3;3-5,7-8H,2,6H2,1H3;3H,1H2,2H3. The predicted octanol–water partition coefficient (Wildman–Crippen LogP) is 18.6. The molecule has 10 aromatic carbocycles. The second-order valence-electron chi connectivity index (χ2n) is 17.8. The lowest BCUT2D eigenvalue weighted by atomic mass is 9.81. The van der Waals surface area contributed by atoms with Crippen molar-refractivity contribution in [3.05, 3.63) is 253 Å². The highest BCUT2D eigenvalue weighted by Crippen LogP contribution is 2.50. The minimum atomic E-state index is 0.0255. The molecule has 0 saturated carbocycles. The lowest BCUT2D eigenvalue weighted by molar-refractivity contribution is 0.660. The summed E-state index contributed by atoms with van der Waals surface area (Å²) in [6.45, 7) is 16.5. The van der Waals surface area contributed by atoms with Crippen LogP contribution < -0.4 is 0 Å². The topological polar surface area (TPSA) is 0 Å². The van der Waals surface area contributed by atoms with Gasteiger partial charge in [0.25, 0.3) is 0 Å². The zero-order chi connectivity index (χ0) is 45.3. The van der Waals surface area contributed by atoms with Gasteiger partial charge in [-0.3, -0.25) is 0 Å². The van der Waals surface area contributed by atoms with Gasteiger partial charge in [0.05, 0.1) is 0 Å². The fourth-order valence-electron chi connectivity index (χ4n) is 9.10. The molecule has 0 heteroatoms. The van der Waals surface area contributed by atoms with Crippen molar-refractivity contribution in [3.63, 3.8) is 0 Å². The Bertz CT molecular complexity index is 3220. The summed E-state index contributed by atoms with van der Waals surface area (Å²) >= 11 is 0. The number of hydrogen-bond acceptors (Lipinski definition) is 0. The summed E-state index contributed by atoms with van der Waals surface area (Å²) in [4.78, 5) is 0. The first-order chi connectivity index (χ1) is 31.6. The third kappa shape index (κ3) is 10.1. The zero-order valence-corrected chi connectivity index (χ0v) is 38.9. The Balaban J connectivity index is 0.000000149. The van der Waals surface area contributed by atoms with Crippen LogP contribution in [0.15, 0.2) is 225 Å². The van der Waals surface area contributed by atoms with Gasteiger partial charge in [0.1, 0.15) is 0 Å². The highest BCUT2D eigenvalue weighted by molar-refractivity contribution is 5.92. The maximum absolute atomic E-state index is 3.36. The van der Waals surface area contributed by atoms with Crippen molar-refractivity contribution < 1.29 is 0 Å². The van der Waals surface area contributed by atoms with E-state index in [9.17, 15) is 0 Å². The Morgan fingerprint density at radius 3 is 1.29 bits per heavy atom.